The largest absolute Gasteiger partial charge is 0.480 e. The number of aromatic nitrogens is 1. The summed E-state index contributed by atoms with van der Waals surface area (Å²) < 4.78 is 4.75. The van der Waals surface area contributed by atoms with E-state index in [-0.39, 0.29) is 25.7 Å². The van der Waals surface area contributed by atoms with E-state index in [4.69, 9.17) is 9.84 Å². The summed E-state index contributed by atoms with van der Waals surface area (Å²) in [5.74, 6) is -1.30. The monoisotopic (exact) mass is 244 g/mol. The maximum absolute atomic E-state index is 11.4. The lowest BCUT2D eigenvalue weighted by Crippen LogP contribution is -2.28. The average molecular weight is 244 g/mol. The van der Waals surface area contributed by atoms with Crippen LogP contribution in [-0.2, 0) is 9.53 Å². The topological polar surface area (TPSA) is 88.5 Å². The molecule has 0 aliphatic heterocycles. The van der Waals surface area contributed by atoms with Gasteiger partial charge in [-0.25, -0.2) is 9.78 Å². The van der Waals surface area contributed by atoms with Gasteiger partial charge >= 0.3 is 5.97 Å². The second-order valence-corrected chi connectivity index (χ2v) is 4.02. The van der Waals surface area contributed by atoms with Gasteiger partial charge in [0, 0.05) is 11.9 Å². The number of carboxylic acids is 1. The van der Waals surface area contributed by atoms with E-state index < -0.39 is 5.97 Å². The number of thiazole rings is 1. The Morgan fingerprint density at radius 2 is 2.38 bits per heavy atom. The van der Waals surface area contributed by atoms with Crippen molar-refractivity contribution >= 4 is 23.2 Å². The van der Waals surface area contributed by atoms with Crippen molar-refractivity contribution in [2.24, 2.45) is 0 Å². The smallest absolute Gasteiger partial charge is 0.329 e. The molecule has 7 heteroatoms. The summed E-state index contributed by atoms with van der Waals surface area (Å²) in [7, 11) is 0. The van der Waals surface area contributed by atoms with E-state index in [1.54, 1.807) is 5.38 Å². The van der Waals surface area contributed by atoms with Crippen LogP contribution in [0, 0.1) is 6.92 Å². The number of rotatable bonds is 6. The summed E-state index contributed by atoms with van der Waals surface area (Å²) in [5.41, 5.74) is 0.376. The maximum atomic E-state index is 11.4. The predicted octanol–water partition coefficient (Wildman–Crippen LogP) is 0.283. The summed E-state index contributed by atoms with van der Waals surface area (Å²) in [6.45, 7) is 1.90. The molecule has 0 aliphatic carbocycles. The fraction of sp³-hybridized carbons (Fsp3) is 0.444. The van der Waals surface area contributed by atoms with Gasteiger partial charge in [0.25, 0.3) is 5.91 Å². The van der Waals surface area contributed by atoms with Crippen molar-refractivity contribution in [1.82, 2.24) is 10.3 Å². The highest BCUT2D eigenvalue weighted by Crippen LogP contribution is 2.07. The zero-order chi connectivity index (χ0) is 12.0. The molecule has 0 saturated carbocycles. The standard InChI is InChI=1S/C9H12N2O4S/c1-6-11-7(5-16-6)9(14)10-2-3-15-4-8(12)13/h5H,2-4H2,1H3,(H,10,14)(H,12,13). The number of hydrogen-bond donors (Lipinski definition) is 2. The SMILES string of the molecule is Cc1nc(C(=O)NCCOCC(=O)O)cs1. The van der Waals surface area contributed by atoms with E-state index >= 15 is 0 Å². The molecule has 2 N–H and O–H groups in total. The lowest BCUT2D eigenvalue weighted by molar-refractivity contribution is -0.142. The zero-order valence-corrected chi connectivity index (χ0v) is 9.54. The Labute approximate surface area is 96.3 Å². The number of carbonyl (C=O) groups is 2. The number of hydrogen-bond acceptors (Lipinski definition) is 5. The number of amides is 1. The van der Waals surface area contributed by atoms with Crippen molar-refractivity contribution in [2.45, 2.75) is 6.92 Å². The molecule has 1 heterocycles. The van der Waals surface area contributed by atoms with Crippen molar-refractivity contribution in [3.05, 3.63) is 16.1 Å². The van der Waals surface area contributed by atoms with Gasteiger partial charge in [0.2, 0.25) is 0 Å². The summed E-state index contributed by atoms with van der Waals surface area (Å²) >= 11 is 1.40. The second-order valence-electron chi connectivity index (χ2n) is 2.95. The van der Waals surface area contributed by atoms with Crippen LogP contribution in [0.1, 0.15) is 15.5 Å². The maximum Gasteiger partial charge on any atom is 0.329 e. The quantitative estimate of drug-likeness (QED) is 0.702. The molecule has 1 aromatic heterocycles. The molecule has 0 atom stereocenters. The van der Waals surface area contributed by atoms with E-state index in [9.17, 15) is 9.59 Å². The van der Waals surface area contributed by atoms with Crippen LogP contribution < -0.4 is 5.32 Å². The minimum Gasteiger partial charge on any atom is -0.480 e. The van der Waals surface area contributed by atoms with Gasteiger partial charge in [-0.3, -0.25) is 4.79 Å². The van der Waals surface area contributed by atoms with E-state index in [1.165, 1.54) is 11.3 Å². The Kier molecular flexibility index (Phi) is 4.87. The van der Waals surface area contributed by atoms with Crippen molar-refractivity contribution in [1.29, 1.82) is 0 Å². The molecule has 88 valence electrons. The van der Waals surface area contributed by atoms with Gasteiger partial charge in [-0.15, -0.1) is 11.3 Å². The summed E-state index contributed by atoms with van der Waals surface area (Å²) in [4.78, 5) is 25.5. The molecule has 1 rings (SSSR count). The predicted molar refractivity (Wildman–Crippen MR) is 57.6 cm³/mol. The minimum atomic E-state index is -1.03. The molecular formula is C9H12N2O4S. The summed E-state index contributed by atoms with van der Waals surface area (Å²) in [6.07, 6.45) is 0. The Bertz CT molecular complexity index is 377. The third-order valence-corrected chi connectivity index (χ3v) is 2.38. The highest BCUT2D eigenvalue weighted by atomic mass is 32.1. The molecule has 6 nitrogen and oxygen atoms in total. The molecular weight excluding hydrogens is 232 g/mol. The average Bonchev–Trinajstić information content (AvgIpc) is 2.63. The summed E-state index contributed by atoms with van der Waals surface area (Å²) in [5, 5.41) is 13.4. The van der Waals surface area contributed by atoms with Crippen LogP contribution in [0.5, 0.6) is 0 Å². The first kappa shape index (κ1) is 12.6. The van der Waals surface area contributed by atoms with Gasteiger partial charge in [-0.05, 0) is 6.92 Å². The molecule has 16 heavy (non-hydrogen) atoms. The molecule has 0 bridgehead atoms. The number of carboxylic acid groups (broad SMARTS) is 1. The Hall–Kier alpha value is -1.47. The first-order valence-corrected chi connectivity index (χ1v) is 5.47. The molecule has 1 amide bonds. The molecule has 0 spiro atoms. The highest BCUT2D eigenvalue weighted by molar-refractivity contribution is 7.09. The van der Waals surface area contributed by atoms with Gasteiger partial charge in [-0.2, -0.15) is 0 Å². The van der Waals surface area contributed by atoms with Gasteiger partial charge in [-0.1, -0.05) is 0 Å². The summed E-state index contributed by atoms with van der Waals surface area (Å²) in [6, 6.07) is 0. The van der Waals surface area contributed by atoms with E-state index in [1.807, 2.05) is 6.92 Å². The first-order valence-electron chi connectivity index (χ1n) is 4.59. The number of carbonyl (C=O) groups excluding carboxylic acids is 1. The van der Waals surface area contributed by atoms with Crippen LogP contribution in [0.2, 0.25) is 0 Å². The third-order valence-electron chi connectivity index (χ3n) is 1.61. The third kappa shape index (κ3) is 4.37. The number of ether oxygens (including phenoxy) is 1. The Morgan fingerprint density at radius 3 is 2.94 bits per heavy atom. The van der Waals surface area contributed by atoms with Gasteiger partial charge in [0.05, 0.1) is 11.6 Å². The fourth-order valence-electron chi connectivity index (χ4n) is 0.954. The second kappa shape index (κ2) is 6.19. The van der Waals surface area contributed by atoms with Crippen LogP contribution in [0.3, 0.4) is 0 Å². The van der Waals surface area contributed by atoms with Crippen molar-refractivity contribution in [2.75, 3.05) is 19.8 Å². The number of nitrogens with zero attached hydrogens (tertiary/aromatic N) is 1. The van der Waals surface area contributed by atoms with Gasteiger partial charge in [0.1, 0.15) is 12.3 Å². The molecule has 1 aromatic rings. The van der Waals surface area contributed by atoms with Crippen LogP contribution >= 0.6 is 11.3 Å². The van der Waals surface area contributed by atoms with Gasteiger partial charge in [0.15, 0.2) is 0 Å². The number of aryl methyl sites for hydroxylation is 1. The first-order chi connectivity index (χ1) is 7.59. The number of nitrogens with one attached hydrogen (secondary N) is 1. The Morgan fingerprint density at radius 1 is 1.62 bits per heavy atom. The molecule has 0 aliphatic rings. The lowest BCUT2D eigenvalue weighted by Gasteiger charge is -2.02. The fourth-order valence-corrected chi connectivity index (χ4v) is 1.55. The van der Waals surface area contributed by atoms with E-state index in [0.717, 1.165) is 5.01 Å². The van der Waals surface area contributed by atoms with E-state index in [0.29, 0.717) is 5.69 Å². The molecule has 0 unspecified atom stereocenters. The van der Waals surface area contributed by atoms with Crippen molar-refractivity contribution in [3.63, 3.8) is 0 Å². The normalized spacial score (nSPS) is 10.1. The van der Waals surface area contributed by atoms with Gasteiger partial charge < -0.3 is 15.2 Å². The Balaban J connectivity index is 2.18. The molecule has 0 aromatic carbocycles. The zero-order valence-electron chi connectivity index (χ0n) is 8.73. The van der Waals surface area contributed by atoms with E-state index in [2.05, 4.69) is 10.3 Å². The van der Waals surface area contributed by atoms with Crippen LogP contribution in [0.4, 0.5) is 0 Å². The lowest BCUT2D eigenvalue weighted by atomic mass is 10.4. The van der Waals surface area contributed by atoms with Crippen LogP contribution in [0.25, 0.3) is 0 Å². The van der Waals surface area contributed by atoms with Crippen molar-refractivity contribution in [3.8, 4) is 0 Å². The molecule has 0 fully saturated rings. The van der Waals surface area contributed by atoms with Crippen LogP contribution in [0.15, 0.2) is 5.38 Å². The number of aliphatic carboxylic acids is 1. The van der Waals surface area contributed by atoms with Crippen LogP contribution in [-0.4, -0.2) is 41.7 Å². The molecule has 0 radical (unpaired) electrons. The minimum absolute atomic E-state index is 0.168. The molecule has 0 saturated heterocycles. The van der Waals surface area contributed by atoms with Crippen molar-refractivity contribution < 1.29 is 19.4 Å². The highest BCUT2D eigenvalue weighted by Gasteiger charge is 2.07.